The van der Waals surface area contributed by atoms with Crippen molar-refractivity contribution in [3.05, 3.63) is 64.7 Å². The molecule has 0 unspecified atom stereocenters. The van der Waals surface area contributed by atoms with Crippen LogP contribution in [0.2, 0.25) is 0 Å². The Kier molecular flexibility index (Phi) is 4.29. The van der Waals surface area contributed by atoms with E-state index in [0.717, 1.165) is 12.1 Å². The number of carbonyl (C=O) groups is 2. The molecule has 0 atom stereocenters. The third-order valence-corrected chi connectivity index (χ3v) is 4.08. The molecule has 6 heteroatoms. The average molecular weight is 331 g/mol. The van der Waals surface area contributed by atoms with E-state index in [4.69, 9.17) is 4.74 Å². The van der Waals surface area contributed by atoms with E-state index in [0.29, 0.717) is 36.2 Å². The van der Waals surface area contributed by atoms with E-state index < -0.39 is 29.1 Å². The van der Waals surface area contributed by atoms with Crippen LogP contribution in [0.3, 0.4) is 0 Å². The first kappa shape index (κ1) is 16.1. The van der Waals surface area contributed by atoms with Crippen LogP contribution in [0.25, 0.3) is 0 Å². The highest BCUT2D eigenvalue weighted by molar-refractivity contribution is 6.08. The lowest BCUT2D eigenvalue weighted by Gasteiger charge is -2.30. The van der Waals surface area contributed by atoms with Crippen molar-refractivity contribution >= 4 is 17.6 Å². The second-order valence-electron chi connectivity index (χ2n) is 5.45. The SMILES string of the molecule is COC(=O)c1cccc2c1CCCN2C(=O)c1c(F)cccc1F. The zero-order chi connectivity index (χ0) is 17.3. The summed E-state index contributed by atoms with van der Waals surface area (Å²) in [6.07, 6.45) is 1.17. The highest BCUT2D eigenvalue weighted by Gasteiger charge is 2.29. The Balaban J connectivity index is 2.07. The molecule has 0 bridgehead atoms. The molecule has 0 N–H and O–H groups in total. The molecule has 0 spiro atoms. The molecule has 24 heavy (non-hydrogen) atoms. The average Bonchev–Trinajstić information content (AvgIpc) is 2.59. The molecule has 3 rings (SSSR count). The van der Waals surface area contributed by atoms with E-state index in [2.05, 4.69) is 0 Å². The molecule has 1 amide bonds. The van der Waals surface area contributed by atoms with Crippen molar-refractivity contribution in [3.63, 3.8) is 0 Å². The first-order valence-corrected chi connectivity index (χ1v) is 7.50. The van der Waals surface area contributed by atoms with Gasteiger partial charge in [0.15, 0.2) is 0 Å². The lowest BCUT2D eigenvalue weighted by atomic mass is 9.95. The van der Waals surface area contributed by atoms with Crippen molar-refractivity contribution in [2.75, 3.05) is 18.6 Å². The summed E-state index contributed by atoms with van der Waals surface area (Å²) in [4.78, 5) is 25.9. The summed E-state index contributed by atoms with van der Waals surface area (Å²) in [5.41, 5.74) is 0.910. The highest BCUT2D eigenvalue weighted by Crippen LogP contribution is 2.32. The summed E-state index contributed by atoms with van der Waals surface area (Å²) in [6.45, 7) is 0.324. The molecule has 0 fully saturated rings. The Morgan fingerprint density at radius 3 is 2.42 bits per heavy atom. The van der Waals surface area contributed by atoms with E-state index in [1.54, 1.807) is 18.2 Å². The van der Waals surface area contributed by atoms with Gasteiger partial charge in [0.2, 0.25) is 0 Å². The van der Waals surface area contributed by atoms with Gasteiger partial charge in [-0.05, 0) is 42.7 Å². The van der Waals surface area contributed by atoms with E-state index in [1.165, 1.54) is 18.1 Å². The Bertz CT molecular complexity index is 800. The molecule has 1 heterocycles. The minimum absolute atomic E-state index is 0.324. The standard InChI is InChI=1S/C18H15F2NO3/c1-24-18(23)12-5-2-9-15-11(12)6-4-10-21(15)17(22)16-13(19)7-3-8-14(16)20/h2-3,5,7-9H,4,6,10H2,1H3. The van der Waals surface area contributed by atoms with Crippen LogP contribution in [0.15, 0.2) is 36.4 Å². The van der Waals surface area contributed by atoms with Gasteiger partial charge in [-0.1, -0.05) is 12.1 Å². The molecule has 0 aromatic heterocycles. The van der Waals surface area contributed by atoms with Gasteiger partial charge in [-0.25, -0.2) is 13.6 Å². The number of ether oxygens (including phenoxy) is 1. The van der Waals surface area contributed by atoms with Crippen molar-refractivity contribution in [2.24, 2.45) is 0 Å². The van der Waals surface area contributed by atoms with Gasteiger partial charge in [0.05, 0.1) is 12.7 Å². The number of hydrogen-bond acceptors (Lipinski definition) is 3. The molecule has 0 radical (unpaired) electrons. The molecule has 4 nitrogen and oxygen atoms in total. The molecule has 0 saturated carbocycles. The predicted octanol–water partition coefficient (Wildman–Crippen LogP) is 3.34. The molecule has 0 aliphatic carbocycles. The molecule has 1 aliphatic rings. The van der Waals surface area contributed by atoms with Crippen LogP contribution < -0.4 is 4.90 Å². The number of halogens is 2. The Hall–Kier alpha value is -2.76. The van der Waals surface area contributed by atoms with Crippen molar-refractivity contribution in [1.29, 1.82) is 0 Å². The number of methoxy groups -OCH3 is 1. The number of fused-ring (bicyclic) bond motifs is 1. The summed E-state index contributed by atoms with van der Waals surface area (Å²) in [6, 6.07) is 8.20. The van der Waals surface area contributed by atoms with Gasteiger partial charge in [0.1, 0.15) is 17.2 Å². The molecule has 1 aliphatic heterocycles. The molecule has 2 aromatic carbocycles. The summed E-state index contributed by atoms with van der Waals surface area (Å²) in [5, 5.41) is 0. The van der Waals surface area contributed by atoms with Crippen LogP contribution in [-0.2, 0) is 11.2 Å². The van der Waals surface area contributed by atoms with Gasteiger partial charge in [0.25, 0.3) is 5.91 Å². The highest BCUT2D eigenvalue weighted by atomic mass is 19.1. The molecule has 0 saturated heterocycles. The molecule has 124 valence electrons. The third-order valence-electron chi connectivity index (χ3n) is 4.08. The third kappa shape index (κ3) is 2.64. The largest absolute Gasteiger partial charge is 0.465 e. The van der Waals surface area contributed by atoms with Gasteiger partial charge in [0, 0.05) is 12.2 Å². The summed E-state index contributed by atoms with van der Waals surface area (Å²) >= 11 is 0. The maximum Gasteiger partial charge on any atom is 0.338 e. The number of benzene rings is 2. The van der Waals surface area contributed by atoms with E-state index in [-0.39, 0.29) is 0 Å². The van der Waals surface area contributed by atoms with Gasteiger partial charge in [-0.2, -0.15) is 0 Å². The van der Waals surface area contributed by atoms with Crippen molar-refractivity contribution < 1.29 is 23.1 Å². The van der Waals surface area contributed by atoms with Crippen LogP contribution in [0.1, 0.15) is 32.7 Å². The van der Waals surface area contributed by atoms with Crippen LogP contribution in [-0.4, -0.2) is 25.5 Å². The van der Waals surface area contributed by atoms with Crippen LogP contribution in [0.4, 0.5) is 14.5 Å². The first-order chi connectivity index (χ1) is 11.5. The molecular weight excluding hydrogens is 316 g/mol. The number of anilines is 1. The Morgan fingerprint density at radius 2 is 1.75 bits per heavy atom. The molecule has 2 aromatic rings. The van der Waals surface area contributed by atoms with Gasteiger partial charge in [-0.3, -0.25) is 4.79 Å². The van der Waals surface area contributed by atoms with Crippen LogP contribution in [0, 0.1) is 11.6 Å². The Labute approximate surface area is 137 Å². The number of esters is 1. The number of rotatable bonds is 2. The fraction of sp³-hybridized carbons (Fsp3) is 0.222. The number of carbonyl (C=O) groups excluding carboxylic acids is 2. The van der Waals surface area contributed by atoms with Crippen LogP contribution >= 0.6 is 0 Å². The fourth-order valence-electron chi connectivity index (χ4n) is 2.97. The van der Waals surface area contributed by atoms with Crippen molar-refractivity contribution in [1.82, 2.24) is 0 Å². The van der Waals surface area contributed by atoms with E-state index >= 15 is 0 Å². The lowest BCUT2D eigenvalue weighted by Crippen LogP contribution is -2.37. The smallest absolute Gasteiger partial charge is 0.338 e. The number of amides is 1. The van der Waals surface area contributed by atoms with Crippen molar-refractivity contribution in [3.8, 4) is 0 Å². The zero-order valence-electron chi connectivity index (χ0n) is 13.0. The van der Waals surface area contributed by atoms with E-state index in [9.17, 15) is 18.4 Å². The minimum atomic E-state index is -0.906. The minimum Gasteiger partial charge on any atom is -0.465 e. The quantitative estimate of drug-likeness (QED) is 0.793. The number of hydrogen-bond donors (Lipinski definition) is 0. The summed E-state index contributed by atoms with van der Waals surface area (Å²) in [5.74, 6) is -3.07. The topological polar surface area (TPSA) is 46.6 Å². The monoisotopic (exact) mass is 331 g/mol. The maximum atomic E-state index is 13.9. The summed E-state index contributed by atoms with van der Waals surface area (Å²) in [7, 11) is 1.28. The first-order valence-electron chi connectivity index (χ1n) is 7.50. The number of nitrogens with zero attached hydrogens (tertiary/aromatic N) is 1. The molecular formula is C18H15F2NO3. The van der Waals surface area contributed by atoms with Gasteiger partial charge < -0.3 is 9.64 Å². The van der Waals surface area contributed by atoms with E-state index in [1.807, 2.05) is 0 Å². The predicted molar refractivity (Wildman–Crippen MR) is 84.1 cm³/mol. The normalized spacial score (nSPS) is 13.4. The second-order valence-corrected chi connectivity index (χ2v) is 5.45. The lowest BCUT2D eigenvalue weighted by molar-refractivity contribution is 0.0599. The van der Waals surface area contributed by atoms with Crippen LogP contribution in [0.5, 0.6) is 0 Å². The van der Waals surface area contributed by atoms with Crippen molar-refractivity contribution in [2.45, 2.75) is 12.8 Å². The maximum absolute atomic E-state index is 13.9. The van der Waals surface area contributed by atoms with Gasteiger partial charge in [-0.15, -0.1) is 0 Å². The zero-order valence-corrected chi connectivity index (χ0v) is 13.0. The second kappa shape index (κ2) is 6.39. The summed E-state index contributed by atoms with van der Waals surface area (Å²) < 4.78 is 32.6. The Morgan fingerprint density at radius 1 is 1.08 bits per heavy atom. The fourth-order valence-corrected chi connectivity index (χ4v) is 2.97. The van der Waals surface area contributed by atoms with Gasteiger partial charge >= 0.3 is 5.97 Å².